The summed E-state index contributed by atoms with van der Waals surface area (Å²) in [4.78, 5) is 12.5. The van der Waals surface area contributed by atoms with Gasteiger partial charge in [0.1, 0.15) is 18.0 Å². The van der Waals surface area contributed by atoms with Gasteiger partial charge in [0.25, 0.3) is 5.82 Å². The monoisotopic (exact) mass is 390 g/mol. The molecule has 5 rings (SSSR count). The molecular weight excluding hydrogens is 377 g/mol. The molecule has 4 aromatic rings. The summed E-state index contributed by atoms with van der Waals surface area (Å²) in [5.41, 5.74) is 0.713. The first-order valence-corrected chi connectivity index (χ1v) is 8.44. The fraction of sp³-hybridized carbons (Fsp3) is 0.333. The van der Waals surface area contributed by atoms with Gasteiger partial charge in [0, 0.05) is 26.2 Å². The summed E-state index contributed by atoms with van der Waals surface area (Å²) in [6, 6.07) is 3.13. The van der Waals surface area contributed by atoms with Crippen LogP contribution in [0.2, 0.25) is 0 Å². The van der Waals surface area contributed by atoms with Crippen molar-refractivity contribution in [3.8, 4) is 0 Å². The Morgan fingerprint density at radius 2 is 1.75 bits per heavy atom. The van der Waals surface area contributed by atoms with Gasteiger partial charge in [-0.2, -0.15) is 22.8 Å². The number of aromatic amines is 1. The van der Waals surface area contributed by atoms with E-state index >= 15 is 0 Å². The number of anilines is 2. The summed E-state index contributed by atoms with van der Waals surface area (Å²) in [6.07, 6.45) is -1.47. The zero-order valence-electron chi connectivity index (χ0n) is 14.3. The fourth-order valence-electron chi connectivity index (χ4n) is 3.28. The second-order valence-corrected chi connectivity index (χ2v) is 6.29. The number of halogens is 3. The van der Waals surface area contributed by atoms with Crippen LogP contribution in [0, 0.1) is 0 Å². The minimum atomic E-state index is -4.62. The van der Waals surface area contributed by atoms with Crippen molar-refractivity contribution in [1.29, 1.82) is 0 Å². The van der Waals surface area contributed by atoms with Crippen LogP contribution in [0.4, 0.5) is 24.8 Å². The van der Waals surface area contributed by atoms with Crippen LogP contribution in [-0.2, 0) is 6.18 Å². The highest BCUT2D eigenvalue weighted by Crippen LogP contribution is 2.28. The second kappa shape index (κ2) is 6.00. The Bertz CT molecular complexity index is 1140. The van der Waals surface area contributed by atoms with Gasteiger partial charge in [0.05, 0.1) is 11.6 Å². The van der Waals surface area contributed by atoms with Crippen molar-refractivity contribution in [2.24, 2.45) is 0 Å². The molecule has 5 heterocycles. The first-order valence-electron chi connectivity index (χ1n) is 8.44. The molecule has 0 unspecified atom stereocenters. The molecule has 13 heteroatoms. The topological polar surface area (TPSA) is 104 Å². The van der Waals surface area contributed by atoms with Crippen LogP contribution in [0.1, 0.15) is 5.82 Å². The van der Waals surface area contributed by atoms with Gasteiger partial charge in [-0.25, -0.2) is 9.97 Å². The minimum absolute atomic E-state index is 0.0537. The average Bonchev–Trinajstić information content (AvgIpc) is 3.34. The molecule has 4 aromatic heterocycles. The second-order valence-electron chi connectivity index (χ2n) is 6.29. The van der Waals surface area contributed by atoms with Gasteiger partial charge in [0.2, 0.25) is 0 Å². The molecule has 1 N–H and O–H groups in total. The quantitative estimate of drug-likeness (QED) is 0.543. The van der Waals surface area contributed by atoms with Crippen molar-refractivity contribution in [2.75, 3.05) is 36.0 Å². The van der Waals surface area contributed by atoms with Gasteiger partial charge in [0.15, 0.2) is 11.3 Å². The molecule has 144 valence electrons. The fourth-order valence-corrected chi connectivity index (χ4v) is 3.28. The van der Waals surface area contributed by atoms with E-state index in [1.54, 1.807) is 12.3 Å². The molecule has 0 aliphatic carbocycles. The smallest absolute Gasteiger partial charge is 0.352 e. The predicted molar refractivity (Wildman–Crippen MR) is 91.9 cm³/mol. The molecule has 1 fully saturated rings. The van der Waals surface area contributed by atoms with E-state index in [0.29, 0.717) is 37.6 Å². The van der Waals surface area contributed by atoms with Gasteiger partial charge >= 0.3 is 6.18 Å². The summed E-state index contributed by atoms with van der Waals surface area (Å²) in [6.45, 7) is 2.41. The van der Waals surface area contributed by atoms with Gasteiger partial charge in [-0.15, -0.1) is 15.3 Å². The van der Waals surface area contributed by atoms with Gasteiger partial charge < -0.3 is 9.80 Å². The van der Waals surface area contributed by atoms with Crippen LogP contribution in [0.3, 0.4) is 0 Å². The molecule has 1 saturated heterocycles. The zero-order chi connectivity index (χ0) is 19.3. The molecule has 1 aliphatic rings. The van der Waals surface area contributed by atoms with Crippen LogP contribution < -0.4 is 9.80 Å². The summed E-state index contributed by atoms with van der Waals surface area (Å²) in [5.74, 6) is 0.0832. The molecule has 0 aromatic carbocycles. The molecule has 0 radical (unpaired) electrons. The number of H-pyrrole nitrogens is 1. The highest BCUT2D eigenvalue weighted by Gasteiger charge is 2.38. The number of piperazine rings is 1. The number of rotatable bonds is 2. The number of fused-ring (bicyclic) bond motifs is 2. The van der Waals surface area contributed by atoms with E-state index < -0.39 is 12.0 Å². The summed E-state index contributed by atoms with van der Waals surface area (Å²) in [5, 5.41) is 18.5. The predicted octanol–water partition coefficient (Wildman–Crippen LogP) is 1.14. The molecular formula is C15H13F3N10. The number of nitrogens with zero attached hydrogens (tertiary/aromatic N) is 9. The first-order chi connectivity index (χ1) is 13.5. The maximum absolute atomic E-state index is 13.1. The van der Waals surface area contributed by atoms with Crippen molar-refractivity contribution >= 4 is 28.3 Å². The van der Waals surface area contributed by atoms with Crippen LogP contribution in [0.15, 0.2) is 24.7 Å². The SMILES string of the molecule is FC(F)(F)c1nnc2ccc(N3CCN(c4ncnc5[nH]ncc45)CC3)nn12. The van der Waals surface area contributed by atoms with E-state index in [1.807, 2.05) is 4.90 Å². The third kappa shape index (κ3) is 2.66. The molecule has 0 amide bonds. The Kier molecular flexibility index (Phi) is 3.57. The van der Waals surface area contributed by atoms with Crippen LogP contribution >= 0.6 is 0 Å². The van der Waals surface area contributed by atoms with E-state index in [4.69, 9.17) is 0 Å². The van der Waals surface area contributed by atoms with Crippen LogP contribution in [-0.4, -0.2) is 66.2 Å². The van der Waals surface area contributed by atoms with Crippen molar-refractivity contribution < 1.29 is 13.2 Å². The average molecular weight is 390 g/mol. The Balaban J connectivity index is 1.39. The molecule has 1 aliphatic heterocycles. The molecule has 0 atom stereocenters. The van der Waals surface area contributed by atoms with E-state index in [1.165, 1.54) is 12.4 Å². The molecule has 0 bridgehead atoms. The number of aromatic nitrogens is 8. The van der Waals surface area contributed by atoms with Crippen molar-refractivity contribution in [2.45, 2.75) is 6.18 Å². The van der Waals surface area contributed by atoms with Gasteiger partial charge in [-0.3, -0.25) is 5.10 Å². The highest BCUT2D eigenvalue weighted by molar-refractivity contribution is 5.86. The maximum atomic E-state index is 13.1. The number of nitrogens with one attached hydrogen (secondary N) is 1. The summed E-state index contributed by atoms with van der Waals surface area (Å²) in [7, 11) is 0. The van der Waals surface area contributed by atoms with Gasteiger partial charge in [-0.1, -0.05) is 0 Å². The van der Waals surface area contributed by atoms with E-state index in [-0.39, 0.29) is 5.65 Å². The van der Waals surface area contributed by atoms with Gasteiger partial charge in [-0.05, 0) is 12.1 Å². The molecule has 0 spiro atoms. The summed E-state index contributed by atoms with van der Waals surface area (Å²) >= 11 is 0. The first kappa shape index (κ1) is 16.6. The zero-order valence-corrected chi connectivity index (χ0v) is 14.3. The molecule has 28 heavy (non-hydrogen) atoms. The van der Waals surface area contributed by atoms with E-state index in [9.17, 15) is 13.2 Å². The lowest BCUT2D eigenvalue weighted by Gasteiger charge is -2.36. The lowest BCUT2D eigenvalue weighted by Crippen LogP contribution is -2.47. The van der Waals surface area contributed by atoms with Crippen molar-refractivity contribution in [1.82, 2.24) is 40.0 Å². The van der Waals surface area contributed by atoms with Crippen LogP contribution in [0.5, 0.6) is 0 Å². The number of hydrogen-bond acceptors (Lipinski definition) is 8. The normalized spacial score (nSPS) is 15.7. The number of alkyl halides is 3. The Morgan fingerprint density at radius 3 is 2.54 bits per heavy atom. The minimum Gasteiger partial charge on any atom is -0.352 e. The van der Waals surface area contributed by atoms with Crippen molar-refractivity contribution in [3.63, 3.8) is 0 Å². The Morgan fingerprint density at radius 1 is 0.964 bits per heavy atom. The van der Waals surface area contributed by atoms with Crippen molar-refractivity contribution in [3.05, 3.63) is 30.5 Å². The lowest BCUT2D eigenvalue weighted by atomic mass is 10.2. The Labute approximate surface area is 155 Å². The standard InChI is InChI=1S/C15H13F3N10/c16-15(17,18)14-24-22-10-1-2-11(25-28(10)14)26-3-5-27(6-4-26)13-9-7-21-23-12(9)19-8-20-13/h1-2,7-8H,3-6H2,(H,19,20,21,23). The Hall–Kier alpha value is -3.51. The third-order valence-electron chi connectivity index (χ3n) is 4.63. The largest absolute Gasteiger partial charge is 0.453 e. The maximum Gasteiger partial charge on any atom is 0.453 e. The number of hydrogen-bond donors (Lipinski definition) is 1. The van der Waals surface area contributed by atoms with E-state index in [2.05, 4.69) is 40.4 Å². The third-order valence-corrected chi connectivity index (χ3v) is 4.63. The lowest BCUT2D eigenvalue weighted by molar-refractivity contribution is -0.146. The molecule has 10 nitrogen and oxygen atoms in total. The van der Waals surface area contributed by atoms with Crippen LogP contribution in [0.25, 0.3) is 16.7 Å². The molecule has 0 saturated carbocycles. The van der Waals surface area contributed by atoms with E-state index in [0.717, 1.165) is 15.7 Å². The summed E-state index contributed by atoms with van der Waals surface area (Å²) < 4.78 is 39.9. The highest BCUT2D eigenvalue weighted by atomic mass is 19.4.